The standard InChI is InChI=1S/C18H23N3O2/c1-13-5-7-16(14(2)11-13)21-18(22)17-8-6-15(12-20-17)19-9-4-10-23-3/h5-8,11-12,19H,4,9-10H2,1-3H3,(H,21,22). The van der Waals surface area contributed by atoms with Gasteiger partial charge in [-0.15, -0.1) is 0 Å². The number of aromatic nitrogens is 1. The van der Waals surface area contributed by atoms with E-state index >= 15 is 0 Å². The predicted molar refractivity (Wildman–Crippen MR) is 93.1 cm³/mol. The summed E-state index contributed by atoms with van der Waals surface area (Å²) < 4.78 is 5.00. The minimum atomic E-state index is -0.206. The molecular formula is C18H23N3O2. The molecule has 0 aliphatic rings. The zero-order chi connectivity index (χ0) is 16.7. The van der Waals surface area contributed by atoms with Crippen molar-refractivity contribution in [2.45, 2.75) is 20.3 Å². The van der Waals surface area contributed by atoms with Crippen LogP contribution in [0, 0.1) is 13.8 Å². The molecule has 0 spiro atoms. The Labute approximate surface area is 137 Å². The van der Waals surface area contributed by atoms with Crippen LogP contribution in [0.4, 0.5) is 11.4 Å². The van der Waals surface area contributed by atoms with E-state index in [-0.39, 0.29) is 5.91 Å². The molecular weight excluding hydrogens is 290 g/mol. The molecule has 2 N–H and O–H groups in total. The number of nitrogens with one attached hydrogen (secondary N) is 2. The van der Waals surface area contributed by atoms with E-state index in [1.807, 2.05) is 38.1 Å². The summed E-state index contributed by atoms with van der Waals surface area (Å²) in [5.41, 5.74) is 4.30. The van der Waals surface area contributed by atoms with E-state index in [0.717, 1.165) is 36.5 Å². The third-order valence-corrected chi connectivity index (χ3v) is 3.48. The largest absolute Gasteiger partial charge is 0.385 e. The van der Waals surface area contributed by atoms with Crippen molar-refractivity contribution in [2.24, 2.45) is 0 Å². The third-order valence-electron chi connectivity index (χ3n) is 3.48. The van der Waals surface area contributed by atoms with Gasteiger partial charge in [0.05, 0.1) is 11.9 Å². The van der Waals surface area contributed by atoms with E-state index in [2.05, 4.69) is 15.6 Å². The van der Waals surface area contributed by atoms with Crippen LogP contribution < -0.4 is 10.6 Å². The molecule has 1 amide bonds. The van der Waals surface area contributed by atoms with Crippen molar-refractivity contribution in [3.05, 3.63) is 53.3 Å². The summed E-state index contributed by atoms with van der Waals surface area (Å²) >= 11 is 0. The van der Waals surface area contributed by atoms with Gasteiger partial charge in [-0.05, 0) is 44.0 Å². The van der Waals surface area contributed by atoms with Crippen molar-refractivity contribution in [1.82, 2.24) is 4.98 Å². The number of benzene rings is 1. The highest BCUT2D eigenvalue weighted by atomic mass is 16.5. The molecule has 0 fully saturated rings. The lowest BCUT2D eigenvalue weighted by Gasteiger charge is -2.09. The van der Waals surface area contributed by atoms with Crippen molar-refractivity contribution in [2.75, 3.05) is 30.9 Å². The molecule has 2 aromatic rings. The second kappa shape index (κ2) is 8.29. The topological polar surface area (TPSA) is 63.2 Å². The molecule has 0 atom stereocenters. The van der Waals surface area contributed by atoms with Crippen molar-refractivity contribution < 1.29 is 9.53 Å². The summed E-state index contributed by atoms with van der Waals surface area (Å²) in [5, 5.41) is 6.13. The number of anilines is 2. The van der Waals surface area contributed by atoms with Gasteiger partial charge in [-0.2, -0.15) is 0 Å². The average molecular weight is 313 g/mol. The molecule has 0 aliphatic carbocycles. The normalized spacial score (nSPS) is 10.4. The van der Waals surface area contributed by atoms with E-state index in [9.17, 15) is 4.79 Å². The molecule has 23 heavy (non-hydrogen) atoms. The number of hydrogen-bond donors (Lipinski definition) is 2. The molecule has 1 aromatic carbocycles. The highest BCUT2D eigenvalue weighted by molar-refractivity contribution is 6.03. The van der Waals surface area contributed by atoms with E-state index in [1.165, 1.54) is 5.56 Å². The quantitative estimate of drug-likeness (QED) is 0.769. The van der Waals surface area contributed by atoms with Crippen molar-refractivity contribution in [1.29, 1.82) is 0 Å². The highest BCUT2D eigenvalue weighted by Crippen LogP contribution is 2.17. The summed E-state index contributed by atoms with van der Waals surface area (Å²) in [6.45, 7) is 5.53. The number of hydrogen-bond acceptors (Lipinski definition) is 4. The fraction of sp³-hybridized carbons (Fsp3) is 0.333. The van der Waals surface area contributed by atoms with Gasteiger partial charge in [0, 0.05) is 25.9 Å². The average Bonchev–Trinajstić information content (AvgIpc) is 2.55. The van der Waals surface area contributed by atoms with Gasteiger partial charge in [-0.1, -0.05) is 17.7 Å². The second-order valence-corrected chi connectivity index (χ2v) is 5.48. The first kappa shape index (κ1) is 17.0. The fourth-order valence-electron chi connectivity index (χ4n) is 2.22. The van der Waals surface area contributed by atoms with Crippen LogP contribution in [0.3, 0.4) is 0 Å². The van der Waals surface area contributed by atoms with Crippen molar-refractivity contribution >= 4 is 17.3 Å². The molecule has 2 rings (SSSR count). The zero-order valence-electron chi connectivity index (χ0n) is 13.8. The summed E-state index contributed by atoms with van der Waals surface area (Å²) in [4.78, 5) is 16.5. The minimum absolute atomic E-state index is 0.206. The Hall–Kier alpha value is -2.40. The number of rotatable bonds is 7. The van der Waals surface area contributed by atoms with E-state index in [4.69, 9.17) is 4.74 Å². The second-order valence-electron chi connectivity index (χ2n) is 5.48. The molecule has 0 unspecified atom stereocenters. The monoisotopic (exact) mass is 313 g/mol. The first-order chi connectivity index (χ1) is 11.1. The Kier molecular flexibility index (Phi) is 6.11. The lowest BCUT2D eigenvalue weighted by Crippen LogP contribution is -2.14. The number of amides is 1. The Morgan fingerprint density at radius 3 is 2.70 bits per heavy atom. The van der Waals surface area contributed by atoms with Gasteiger partial charge < -0.3 is 15.4 Å². The minimum Gasteiger partial charge on any atom is -0.385 e. The van der Waals surface area contributed by atoms with E-state index < -0.39 is 0 Å². The van der Waals surface area contributed by atoms with E-state index in [0.29, 0.717) is 5.69 Å². The zero-order valence-corrected chi connectivity index (χ0v) is 13.8. The van der Waals surface area contributed by atoms with Gasteiger partial charge in [0.2, 0.25) is 0 Å². The van der Waals surface area contributed by atoms with Gasteiger partial charge in [-0.3, -0.25) is 4.79 Å². The number of methoxy groups -OCH3 is 1. The number of pyridine rings is 1. The molecule has 5 heteroatoms. The predicted octanol–water partition coefficient (Wildman–Crippen LogP) is 3.40. The lowest BCUT2D eigenvalue weighted by atomic mass is 10.1. The highest BCUT2D eigenvalue weighted by Gasteiger charge is 2.09. The first-order valence-electron chi connectivity index (χ1n) is 7.67. The van der Waals surface area contributed by atoms with Crippen molar-refractivity contribution in [3.63, 3.8) is 0 Å². The fourth-order valence-corrected chi connectivity index (χ4v) is 2.22. The summed E-state index contributed by atoms with van der Waals surface area (Å²) in [5.74, 6) is -0.206. The molecule has 0 bridgehead atoms. The molecule has 1 aromatic heterocycles. The summed E-state index contributed by atoms with van der Waals surface area (Å²) in [6.07, 6.45) is 2.59. The maximum absolute atomic E-state index is 12.3. The SMILES string of the molecule is COCCCNc1ccc(C(=O)Nc2ccc(C)cc2C)nc1. The van der Waals surface area contributed by atoms with Gasteiger partial charge in [0.1, 0.15) is 5.69 Å². The smallest absolute Gasteiger partial charge is 0.274 e. The molecule has 5 nitrogen and oxygen atoms in total. The van der Waals surface area contributed by atoms with Crippen LogP contribution in [0.2, 0.25) is 0 Å². The summed E-state index contributed by atoms with van der Waals surface area (Å²) in [7, 11) is 1.69. The Balaban J connectivity index is 1.94. The molecule has 0 radical (unpaired) electrons. The Morgan fingerprint density at radius 2 is 2.04 bits per heavy atom. The number of ether oxygens (including phenoxy) is 1. The number of nitrogens with zero attached hydrogens (tertiary/aromatic N) is 1. The number of aryl methyl sites for hydroxylation is 2. The van der Waals surface area contributed by atoms with Crippen LogP contribution in [0.25, 0.3) is 0 Å². The summed E-state index contributed by atoms with van der Waals surface area (Å²) in [6, 6.07) is 9.50. The van der Waals surface area contributed by atoms with Crippen LogP contribution in [-0.4, -0.2) is 31.2 Å². The lowest BCUT2D eigenvalue weighted by molar-refractivity contribution is 0.102. The van der Waals surface area contributed by atoms with Gasteiger partial charge >= 0.3 is 0 Å². The number of carbonyl (C=O) groups is 1. The van der Waals surface area contributed by atoms with Gasteiger partial charge in [0.25, 0.3) is 5.91 Å². The number of carbonyl (C=O) groups excluding carboxylic acids is 1. The Bertz CT molecular complexity index is 654. The Morgan fingerprint density at radius 1 is 1.22 bits per heavy atom. The van der Waals surface area contributed by atoms with Crippen LogP contribution in [0.15, 0.2) is 36.5 Å². The van der Waals surface area contributed by atoms with Crippen LogP contribution >= 0.6 is 0 Å². The van der Waals surface area contributed by atoms with Crippen LogP contribution in [-0.2, 0) is 4.74 Å². The van der Waals surface area contributed by atoms with Gasteiger partial charge in [-0.25, -0.2) is 4.98 Å². The van der Waals surface area contributed by atoms with Crippen molar-refractivity contribution in [3.8, 4) is 0 Å². The maximum Gasteiger partial charge on any atom is 0.274 e. The maximum atomic E-state index is 12.3. The molecule has 0 saturated heterocycles. The van der Waals surface area contributed by atoms with Crippen LogP contribution in [0.5, 0.6) is 0 Å². The van der Waals surface area contributed by atoms with Crippen LogP contribution in [0.1, 0.15) is 28.0 Å². The molecule has 1 heterocycles. The van der Waals surface area contributed by atoms with E-state index in [1.54, 1.807) is 19.4 Å². The third kappa shape index (κ3) is 5.07. The van der Waals surface area contributed by atoms with Gasteiger partial charge in [0.15, 0.2) is 0 Å². The molecule has 0 aliphatic heterocycles. The molecule has 0 saturated carbocycles. The molecule has 122 valence electrons. The first-order valence-corrected chi connectivity index (χ1v) is 7.67.